The first-order chi connectivity index (χ1) is 15.1. The van der Waals surface area contributed by atoms with Crippen LogP contribution in [0.3, 0.4) is 0 Å². The Morgan fingerprint density at radius 3 is 2.23 bits per heavy atom. The van der Waals surface area contributed by atoms with Gasteiger partial charge in [0.05, 0.1) is 20.6 Å². The van der Waals surface area contributed by atoms with Crippen LogP contribution in [-0.2, 0) is 22.6 Å². The van der Waals surface area contributed by atoms with E-state index in [1.54, 1.807) is 14.2 Å². The number of hydrogen-bond donors (Lipinski definition) is 0. The number of benzene rings is 2. The fraction of sp³-hybridized carbons (Fsp3) is 0.333. The molecule has 0 spiro atoms. The highest BCUT2D eigenvalue weighted by Gasteiger charge is 2.24. The van der Waals surface area contributed by atoms with Crippen LogP contribution in [0.25, 0.3) is 10.9 Å². The minimum atomic E-state index is 0.0632. The minimum Gasteiger partial charge on any atom is -0.497 e. The largest absolute Gasteiger partial charge is 0.497 e. The van der Waals surface area contributed by atoms with E-state index in [2.05, 4.69) is 0 Å². The minimum absolute atomic E-state index is 0.0632. The van der Waals surface area contributed by atoms with Gasteiger partial charge in [0.2, 0.25) is 11.8 Å². The molecule has 7 nitrogen and oxygen atoms in total. The quantitative estimate of drug-likeness (QED) is 0.614. The van der Waals surface area contributed by atoms with Gasteiger partial charge in [-0.15, -0.1) is 0 Å². The van der Waals surface area contributed by atoms with Gasteiger partial charge < -0.3 is 23.8 Å². The third-order valence-electron chi connectivity index (χ3n) is 5.76. The lowest BCUT2D eigenvalue weighted by molar-refractivity contribution is -0.139. The van der Waals surface area contributed by atoms with E-state index in [4.69, 9.17) is 9.47 Å². The SMILES string of the molecule is COc1cccc(CC(=O)N2CCN(C(=O)Cn3ccc4cc(OC)ccc43)CC2)c1. The van der Waals surface area contributed by atoms with Crippen molar-refractivity contribution in [3.05, 3.63) is 60.3 Å². The average molecular weight is 421 g/mol. The number of ether oxygens (including phenoxy) is 2. The molecule has 0 radical (unpaired) electrons. The fourth-order valence-electron chi connectivity index (χ4n) is 3.96. The van der Waals surface area contributed by atoms with E-state index in [1.807, 2.05) is 69.1 Å². The van der Waals surface area contributed by atoms with Crippen molar-refractivity contribution >= 4 is 22.7 Å². The second kappa shape index (κ2) is 9.12. The smallest absolute Gasteiger partial charge is 0.242 e. The van der Waals surface area contributed by atoms with Gasteiger partial charge in [0.1, 0.15) is 18.0 Å². The van der Waals surface area contributed by atoms with Crippen LogP contribution in [-0.4, -0.2) is 66.6 Å². The molecule has 1 aromatic heterocycles. The van der Waals surface area contributed by atoms with Gasteiger partial charge in [-0.25, -0.2) is 0 Å². The summed E-state index contributed by atoms with van der Waals surface area (Å²) in [4.78, 5) is 29.2. The molecule has 0 saturated carbocycles. The van der Waals surface area contributed by atoms with E-state index in [-0.39, 0.29) is 18.4 Å². The summed E-state index contributed by atoms with van der Waals surface area (Å²) < 4.78 is 12.4. The first kappa shape index (κ1) is 20.8. The Labute approximate surface area is 181 Å². The van der Waals surface area contributed by atoms with E-state index in [1.165, 1.54) is 0 Å². The number of piperazine rings is 1. The lowest BCUT2D eigenvalue weighted by Crippen LogP contribution is -2.51. The van der Waals surface area contributed by atoms with Crippen molar-refractivity contribution in [1.82, 2.24) is 14.4 Å². The highest BCUT2D eigenvalue weighted by Crippen LogP contribution is 2.22. The number of methoxy groups -OCH3 is 2. The van der Waals surface area contributed by atoms with Gasteiger partial charge >= 0.3 is 0 Å². The van der Waals surface area contributed by atoms with E-state index in [0.29, 0.717) is 32.6 Å². The zero-order chi connectivity index (χ0) is 21.8. The molecule has 0 bridgehead atoms. The van der Waals surface area contributed by atoms with Crippen LogP contribution >= 0.6 is 0 Å². The van der Waals surface area contributed by atoms with E-state index in [9.17, 15) is 9.59 Å². The van der Waals surface area contributed by atoms with Crippen LogP contribution in [0.5, 0.6) is 11.5 Å². The molecular formula is C24H27N3O4. The van der Waals surface area contributed by atoms with Crippen molar-refractivity contribution in [2.45, 2.75) is 13.0 Å². The summed E-state index contributed by atoms with van der Waals surface area (Å²) in [5.41, 5.74) is 1.93. The summed E-state index contributed by atoms with van der Waals surface area (Å²) in [5, 5.41) is 1.04. The highest BCUT2D eigenvalue weighted by atomic mass is 16.5. The Hall–Kier alpha value is -3.48. The van der Waals surface area contributed by atoms with Crippen LogP contribution in [0.4, 0.5) is 0 Å². The van der Waals surface area contributed by atoms with Crippen molar-refractivity contribution in [1.29, 1.82) is 0 Å². The Balaban J connectivity index is 1.32. The first-order valence-electron chi connectivity index (χ1n) is 10.4. The lowest BCUT2D eigenvalue weighted by Gasteiger charge is -2.35. The molecule has 0 atom stereocenters. The molecule has 2 amide bonds. The molecule has 2 aromatic carbocycles. The fourth-order valence-corrected chi connectivity index (χ4v) is 3.96. The van der Waals surface area contributed by atoms with Crippen LogP contribution < -0.4 is 9.47 Å². The number of carbonyl (C=O) groups is 2. The normalized spacial score (nSPS) is 14.0. The standard InChI is InChI=1S/C24H27N3O4/c1-30-20-5-3-4-18(14-20)15-23(28)25-10-12-26(13-11-25)24(29)17-27-9-8-19-16-21(31-2)6-7-22(19)27/h3-9,14,16H,10-13,15,17H2,1-2H3. The topological polar surface area (TPSA) is 64.0 Å². The summed E-state index contributed by atoms with van der Waals surface area (Å²) in [7, 11) is 3.26. The van der Waals surface area contributed by atoms with Crippen LogP contribution in [0.2, 0.25) is 0 Å². The molecule has 7 heteroatoms. The zero-order valence-electron chi connectivity index (χ0n) is 17.9. The maximum atomic E-state index is 12.8. The molecule has 1 saturated heterocycles. The number of amides is 2. The van der Waals surface area contributed by atoms with Crippen molar-refractivity contribution in [2.24, 2.45) is 0 Å². The van der Waals surface area contributed by atoms with Gasteiger partial charge in [0.15, 0.2) is 0 Å². The maximum absolute atomic E-state index is 12.8. The molecule has 1 aliphatic rings. The number of fused-ring (bicyclic) bond motifs is 1. The molecular weight excluding hydrogens is 394 g/mol. The number of rotatable bonds is 6. The van der Waals surface area contributed by atoms with Crippen molar-refractivity contribution < 1.29 is 19.1 Å². The van der Waals surface area contributed by atoms with Gasteiger partial charge in [-0.2, -0.15) is 0 Å². The van der Waals surface area contributed by atoms with Gasteiger partial charge in [0.25, 0.3) is 0 Å². The summed E-state index contributed by atoms with van der Waals surface area (Å²) in [6, 6.07) is 15.4. The van der Waals surface area contributed by atoms with E-state index >= 15 is 0 Å². The summed E-state index contributed by atoms with van der Waals surface area (Å²) in [5.74, 6) is 1.68. The van der Waals surface area contributed by atoms with Gasteiger partial charge in [-0.1, -0.05) is 12.1 Å². The molecule has 1 fully saturated rings. The Morgan fingerprint density at radius 2 is 1.52 bits per heavy atom. The molecule has 2 heterocycles. The van der Waals surface area contributed by atoms with Gasteiger partial charge in [0, 0.05) is 43.3 Å². The molecule has 31 heavy (non-hydrogen) atoms. The van der Waals surface area contributed by atoms with Gasteiger partial charge in [-0.3, -0.25) is 9.59 Å². The van der Waals surface area contributed by atoms with E-state index in [0.717, 1.165) is 28.0 Å². The summed E-state index contributed by atoms with van der Waals surface area (Å²) in [6.45, 7) is 2.50. The Morgan fingerprint density at radius 1 is 0.839 bits per heavy atom. The third kappa shape index (κ3) is 4.66. The molecule has 0 N–H and O–H groups in total. The predicted molar refractivity (Wildman–Crippen MR) is 118 cm³/mol. The molecule has 1 aliphatic heterocycles. The lowest BCUT2D eigenvalue weighted by atomic mass is 10.1. The van der Waals surface area contributed by atoms with Crippen LogP contribution in [0.1, 0.15) is 5.56 Å². The van der Waals surface area contributed by atoms with Gasteiger partial charge in [-0.05, 0) is 42.0 Å². The molecule has 162 valence electrons. The maximum Gasteiger partial charge on any atom is 0.242 e. The highest BCUT2D eigenvalue weighted by molar-refractivity contribution is 5.84. The molecule has 0 unspecified atom stereocenters. The first-order valence-corrected chi connectivity index (χ1v) is 10.4. The molecule has 3 aromatic rings. The summed E-state index contributed by atoms with van der Waals surface area (Å²) in [6.07, 6.45) is 2.26. The number of hydrogen-bond acceptors (Lipinski definition) is 4. The molecule has 0 aliphatic carbocycles. The Kier molecular flexibility index (Phi) is 6.11. The second-order valence-electron chi connectivity index (χ2n) is 7.66. The van der Waals surface area contributed by atoms with Crippen molar-refractivity contribution in [3.63, 3.8) is 0 Å². The van der Waals surface area contributed by atoms with Crippen LogP contribution in [0.15, 0.2) is 54.7 Å². The van der Waals surface area contributed by atoms with Crippen LogP contribution in [0, 0.1) is 0 Å². The number of aromatic nitrogens is 1. The average Bonchev–Trinajstić information content (AvgIpc) is 3.21. The predicted octanol–water partition coefficient (Wildman–Crippen LogP) is 2.57. The number of nitrogens with zero attached hydrogens (tertiary/aromatic N) is 3. The number of carbonyl (C=O) groups excluding carboxylic acids is 2. The van der Waals surface area contributed by atoms with Crippen molar-refractivity contribution in [3.8, 4) is 11.5 Å². The van der Waals surface area contributed by atoms with E-state index < -0.39 is 0 Å². The monoisotopic (exact) mass is 421 g/mol. The molecule has 4 rings (SSSR count). The Bertz CT molecular complexity index is 1080. The zero-order valence-corrected chi connectivity index (χ0v) is 17.9. The second-order valence-corrected chi connectivity index (χ2v) is 7.66. The summed E-state index contributed by atoms with van der Waals surface area (Å²) >= 11 is 0. The third-order valence-corrected chi connectivity index (χ3v) is 5.76. The van der Waals surface area contributed by atoms with Crippen molar-refractivity contribution in [2.75, 3.05) is 40.4 Å².